The summed E-state index contributed by atoms with van der Waals surface area (Å²) in [5, 5.41) is 3.27. The first-order valence-corrected chi connectivity index (χ1v) is 6.82. The standard InChI is InChI=1S/C13H23N5O/c1-10-3-6-18(7-4-10)8-5-15-11-9-12(19-2)17-13(14)16-11/h9-10H,3-8H2,1-2H3,(H3,14,15,16,17). The molecule has 0 amide bonds. The average Bonchev–Trinajstić information content (AvgIpc) is 2.40. The molecule has 1 aliphatic heterocycles. The van der Waals surface area contributed by atoms with Crippen molar-refractivity contribution in [1.82, 2.24) is 14.9 Å². The molecule has 0 saturated carbocycles. The van der Waals surface area contributed by atoms with Gasteiger partial charge in [0.05, 0.1) is 7.11 Å². The Morgan fingerprint density at radius 2 is 2.16 bits per heavy atom. The molecule has 1 aromatic rings. The van der Waals surface area contributed by atoms with Crippen LogP contribution in [0.4, 0.5) is 11.8 Å². The van der Waals surface area contributed by atoms with Gasteiger partial charge < -0.3 is 20.7 Å². The van der Waals surface area contributed by atoms with Crippen LogP contribution in [0, 0.1) is 5.92 Å². The Hall–Kier alpha value is -1.56. The van der Waals surface area contributed by atoms with E-state index in [4.69, 9.17) is 10.5 Å². The van der Waals surface area contributed by atoms with Crippen molar-refractivity contribution in [2.75, 3.05) is 44.3 Å². The van der Waals surface area contributed by atoms with Gasteiger partial charge in [0.15, 0.2) is 0 Å². The smallest absolute Gasteiger partial charge is 0.225 e. The maximum absolute atomic E-state index is 5.61. The van der Waals surface area contributed by atoms with Gasteiger partial charge in [-0.1, -0.05) is 6.92 Å². The van der Waals surface area contributed by atoms with Crippen molar-refractivity contribution < 1.29 is 4.74 Å². The quantitative estimate of drug-likeness (QED) is 0.833. The largest absolute Gasteiger partial charge is 0.481 e. The van der Waals surface area contributed by atoms with Crippen molar-refractivity contribution in [3.8, 4) is 5.88 Å². The second-order valence-corrected chi connectivity index (χ2v) is 5.10. The Kier molecular flexibility index (Phi) is 4.79. The Morgan fingerprint density at radius 1 is 1.42 bits per heavy atom. The number of aromatic nitrogens is 2. The van der Waals surface area contributed by atoms with Gasteiger partial charge in [-0.2, -0.15) is 9.97 Å². The van der Waals surface area contributed by atoms with E-state index in [0.717, 1.165) is 24.8 Å². The zero-order valence-corrected chi connectivity index (χ0v) is 11.7. The molecular weight excluding hydrogens is 242 g/mol. The van der Waals surface area contributed by atoms with E-state index in [1.807, 2.05) is 0 Å². The molecular formula is C13H23N5O. The van der Waals surface area contributed by atoms with Crippen molar-refractivity contribution >= 4 is 11.8 Å². The number of nitrogen functional groups attached to an aromatic ring is 1. The lowest BCUT2D eigenvalue weighted by Crippen LogP contribution is -2.36. The lowest BCUT2D eigenvalue weighted by molar-refractivity contribution is 0.199. The molecule has 6 heteroatoms. The van der Waals surface area contributed by atoms with Gasteiger partial charge >= 0.3 is 0 Å². The van der Waals surface area contributed by atoms with Crippen molar-refractivity contribution in [2.24, 2.45) is 5.92 Å². The Bertz CT molecular complexity index is 404. The second kappa shape index (κ2) is 6.56. The summed E-state index contributed by atoms with van der Waals surface area (Å²) >= 11 is 0. The van der Waals surface area contributed by atoms with Gasteiger partial charge in [0.1, 0.15) is 5.82 Å². The van der Waals surface area contributed by atoms with E-state index < -0.39 is 0 Å². The van der Waals surface area contributed by atoms with Crippen LogP contribution in [0.2, 0.25) is 0 Å². The molecule has 3 N–H and O–H groups in total. The fourth-order valence-electron chi connectivity index (χ4n) is 2.27. The van der Waals surface area contributed by atoms with E-state index in [1.165, 1.54) is 25.9 Å². The van der Waals surface area contributed by atoms with Gasteiger partial charge in [-0.05, 0) is 31.8 Å². The van der Waals surface area contributed by atoms with Crippen molar-refractivity contribution in [3.63, 3.8) is 0 Å². The summed E-state index contributed by atoms with van der Waals surface area (Å²) in [4.78, 5) is 10.6. The van der Waals surface area contributed by atoms with Crippen molar-refractivity contribution in [1.29, 1.82) is 0 Å². The van der Waals surface area contributed by atoms with E-state index in [0.29, 0.717) is 5.88 Å². The van der Waals surface area contributed by atoms with Crippen LogP contribution >= 0.6 is 0 Å². The maximum Gasteiger partial charge on any atom is 0.225 e. The molecule has 0 bridgehead atoms. The van der Waals surface area contributed by atoms with E-state index in [-0.39, 0.29) is 5.95 Å². The van der Waals surface area contributed by atoms with Gasteiger partial charge in [0.2, 0.25) is 11.8 Å². The highest BCUT2D eigenvalue weighted by Gasteiger charge is 2.14. The molecule has 1 fully saturated rings. The number of anilines is 2. The Labute approximate surface area is 114 Å². The zero-order valence-electron chi connectivity index (χ0n) is 11.7. The minimum atomic E-state index is 0.230. The predicted octanol–water partition coefficient (Wildman–Crippen LogP) is 1.21. The summed E-state index contributed by atoms with van der Waals surface area (Å²) < 4.78 is 5.06. The molecule has 19 heavy (non-hydrogen) atoms. The molecule has 1 aromatic heterocycles. The van der Waals surface area contributed by atoms with E-state index in [9.17, 15) is 0 Å². The average molecular weight is 265 g/mol. The van der Waals surface area contributed by atoms with Crippen LogP contribution < -0.4 is 15.8 Å². The molecule has 1 aliphatic rings. The third kappa shape index (κ3) is 4.24. The summed E-state index contributed by atoms with van der Waals surface area (Å²) in [5.74, 6) is 2.31. The first kappa shape index (κ1) is 13.9. The van der Waals surface area contributed by atoms with Gasteiger partial charge in [-0.15, -0.1) is 0 Å². The molecule has 0 atom stereocenters. The van der Waals surface area contributed by atoms with Crippen LogP contribution in [0.25, 0.3) is 0 Å². The summed E-state index contributed by atoms with van der Waals surface area (Å²) in [6.45, 7) is 6.59. The van der Waals surface area contributed by atoms with Crippen LogP contribution in [0.1, 0.15) is 19.8 Å². The van der Waals surface area contributed by atoms with Crippen LogP contribution in [0.5, 0.6) is 5.88 Å². The number of rotatable bonds is 5. The zero-order chi connectivity index (χ0) is 13.7. The minimum absolute atomic E-state index is 0.230. The lowest BCUT2D eigenvalue weighted by atomic mass is 9.99. The molecule has 106 valence electrons. The van der Waals surface area contributed by atoms with Gasteiger partial charge in [0, 0.05) is 19.2 Å². The van der Waals surface area contributed by atoms with Gasteiger partial charge in [-0.3, -0.25) is 0 Å². The highest BCUT2D eigenvalue weighted by Crippen LogP contribution is 2.16. The van der Waals surface area contributed by atoms with Crippen LogP contribution in [-0.4, -0.2) is 48.2 Å². The monoisotopic (exact) mass is 265 g/mol. The number of hydrogen-bond acceptors (Lipinski definition) is 6. The number of hydrogen-bond donors (Lipinski definition) is 2. The number of nitrogens with two attached hydrogens (primary N) is 1. The van der Waals surface area contributed by atoms with Gasteiger partial charge in [0.25, 0.3) is 0 Å². The molecule has 2 heterocycles. The van der Waals surface area contributed by atoms with E-state index in [1.54, 1.807) is 13.2 Å². The molecule has 0 spiro atoms. The fourth-order valence-corrected chi connectivity index (χ4v) is 2.27. The molecule has 1 saturated heterocycles. The molecule has 6 nitrogen and oxygen atoms in total. The summed E-state index contributed by atoms with van der Waals surface area (Å²) in [5.41, 5.74) is 5.61. The third-order valence-corrected chi connectivity index (χ3v) is 3.54. The summed E-state index contributed by atoms with van der Waals surface area (Å²) in [6.07, 6.45) is 2.60. The predicted molar refractivity (Wildman–Crippen MR) is 76.3 cm³/mol. The second-order valence-electron chi connectivity index (χ2n) is 5.10. The van der Waals surface area contributed by atoms with Crippen molar-refractivity contribution in [3.05, 3.63) is 6.07 Å². The van der Waals surface area contributed by atoms with E-state index >= 15 is 0 Å². The first-order chi connectivity index (χ1) is 9.17. The van der Waals surface area contributed by atoms with Gasteiger partial charge in [-0.25, -0.2) is 0 Å². The van der Waals surface area contributed by atoms with Crippen LogP contribution in [0.15, 0.2) is 6.07 Å². The molecule has 0 unspecified atom stereocenters. The number of methoxy groups -OCH3 is 1. The third-order valence-electron chi connectivity index (χ3n) is 3.54. The molecule has 0 aliphatic carbocycles. The fraction of sp³-hybridized carbons (Fsp3) is 0.692. The van der Waals surface area contributed by atoms with Crippen molar-refractivity contribution in [2.45, 2.75) is 19.8 Å². The minimum Gasteiger partial charge on any atom is -0.481 e. The summed E-state index contributed by atoms with van der Waals surface area (Å²) in [7, 11) is 1.57. The molecule has 0 radical (unpaired) electrons. The molecule has 2 rings (SSSR count). The highest BCUT2D eigenvalue weighted by molar-refractivity contribution is 5.42. The Balaban J connectivity index is 1.77. The molecule has 0 aromatic carbocycles. The highest BCUT2D eigenvalue weighted by atomic mass is 16.5. The maximum atomic E-state index is 5.61. The number of likely N-dealkylation sites (tertiary alicyclic amines) is 1. The Morgan fingerprint density at radius 3 is 2.84 bits per heavy atom. The van der Waals surface area contributed by atoms with Crippen LogP contribution in [-0.2, 0) is 0 Å². The number of nitrogens with zero attached hydrogens (tertiary/aromatic N) is 3. The lowest BCUT2D eigenvalue weighted by Gasteiger charge is -2.30. The topological polar surface area (TPSA) is 76.3 Å². The first-order valence-electron chi connectivity index (χ1n) is 6.82. The summed E-state index contributed by atoms with van der Waals surface area (Å²) in [6, 6.07) is 1.76. The van der Waals surface area contributed by atoms with Crippen LogP contribution in [0.3, 0.4) is 0 Å². The normalized spacial score (nSPS) is 17.4. The SMILES string of the molecule is COc1cc(NCCN2CCC(C)CC2)nc(N)n1. The number of nitrogens with one attached hydrogen (secondary N) is 1. The number of piperidine rings is 1. The van der Waals surface area contributed by atoms with E-state index in [2.05, 4.69) is 27.1 Å². The number of ether oxygens (including phenoxy) is 1.